The zero-order valence-corrected chi connectivity index (χ0v) is 10.1. The lowest BCUT2D eigenvalue weighted by atomic mass is 10.1. The molecule has 0 bridgehead atoms. The van der Waals surface area contributed by atoms with Gasteiger partial charge in [0.05, 0.1) is 12.2 Å². The van der Waals surface area contributed by atoms with Gasteiger partial charge in [0.1, 0.15) is 6.10 Å². The number of methoxy groups -OCH3 is 1. The van der Waals surface area contributed by atoms with Gasteiger partial charge in [-0.15, -0.1) is 5.10 Å². The summed E-state index contributed by atoms with van der Waals surface area (Å²) >= 11 is 0. The molecule has 1 N–H and O–H groups in total. The van der Waals surface area contributed by atoms with E-state index >= 15 is 0 Å². The van der Waals surface area contributed by atoms with Crippen molar-refractivity contribution >= 4 is 11.9 Å². The fourth-order valence-electron chi connectivity index (χ4n) is 1.71. The van der Waals surface area contributed by atoms with E-state index in [2.05, 4.69) is 10.3 Å². The topological polar surface area (TPSA) is 97.5 Å². The van der Waals surface area contributed by atoms with Crippen LogP contribution in [-0.4, -0.2) is 63.2 Å². The van der Waals surface area contributed by atoms with Crippen molar-refractivity contribution in [2.45, 2.75) is 19.1 Å². The monoisotopic (exact) mass is 254 g/mol. The highest BCUT2D eigenvalue weighted by molar-refractivity contribution is 5.84. The van der Waals surface area contributed by atoms with Crippen molar-refractivity contribution in [2.24, 2.45) is 0 Å². The van der Waals surface area contributed by atoms with E-state index in [0.29, 0.717) is 13.1 Å². The Hall–Kier alpha value is -1.96. The highest BCUT2D eigenvalue weighted by Crippen LogP contribution is 2.21. The van der Waals surface area contributed by atoms with Crippen molar-refractivity contribution in [1.29, 1.82) is 0 Å². The summed E-state index contributed by atoms with van der Waals surface area (Å²) in [5.41, 5.74) is -0.0926. The second-order valence-corrected chi connectivity index (χ2v) is 4.16. The van der Waals surface area contributed by atoms with Crippen LogP contribution in [0.25, 0.3) is 0 Å². The maximum Gasteiger partial charge on any atom is 0.358 e. The van der Waals surface area contributed by atoms with Crippen LogP contribution in [0.2, 0.25) is 0 Å². The molecule has 1 aromatic rings. The molecule has 8 heteroatoms. The second-order valence-electron chi connectivity index (χ2n) is 4.16. The molecule has 0 aromatic carbocycles. The van der Waals surface area contributed by atoms with E-state index in [1.807, 2.05) is 0 Å². The highest BCUT2D eigenvalue weighted by Gasteiger charge is 2.35. The fourth-order valence-corrected chi connectivity index (χ4v) is 1.71. The predicted molar refractivity (Wildman–Crippen MR) is 59.1 cm³/mol. The number of carboxylic acids is 1. The number of carbonyl (C=O) groups excluding carboxylic acids is 1. The average molecular weight is 254 g/mol. The number of likely N-dealkylation sites (tertiary alicyclic amines) is 1. The van der Waals surface area contributed by atoms with Crippen molar-refractivity contribution in [2.75, 3.05) is 20.2 Å². The molecule has 1 fully saturated rings. The largest absolute Gasteiger partial charge is 0.476 e. The molecule has 0 spiro atoms. The Morgan fingerprint density at radius 1 is 1.56 bits per heavy atom. The summed E-state index contributed by atoms with van der Waals surface area (Å²) in [5.74, 6) is -1.19. The molecule has 8 nitrogen and oxygen atoms in total. The van der Waals surface area contributed by atoms with Crippen LogP contribution in [0, 0.1) is 0 Å². The summed E-state index contributed by atoms with van der Waals surface area (Å²) in [6.45, 7) is 2.68. The summed E-state index contributed by atoms with van der Waals surface area (Å²) in [7, 11) is 1.48. The molecule has 98 valence electrons. The summed E-state index contributed by atoms with van der Waals surface area (Å²) < 4.78 is 6.42. The number of hydrogen-bond acceptors (Lipinski definition) is 5. The summed E-state index contributed by atoms with van der Waals surface area (Å²) in [5, 5.41) is 16.0. The Morgan fingerprint density at radius 2 is 2.22 bits per heavy atom. The van der Waals surface area contributed by atoms with Crippen molar-refractivity contribution in [3.8, 4) is 0 Å². The first kappa shape index (κ1) is 12.5. The zero-order valence-electron chi connectivity index (χ0n) is 10.1. The Bertz CT molecular complexity index is 466. The van der Waals surface area contributed by atoms with Crippen LogP contribution in [0.1, 0.15) is 23.5 Å². The third-order valence-electron chi connectivity index (χ3n) is 2.98. The molecule has 1 saturated heterocycles. The predicted octanol–water partition coefficient (Wildman–Crippen LogP) is -0.605. The normalized spacial score (nSPS) is 17.3. The van der Waals surface area contributed by atoms with E-state index in [0.717, 1.165) is 0 Å². The molecule has 1 unspecified atom stereocenters. The Labute approximate surface area is 103 Å². The van der Waals surface area contributed by atoms with Crippen LogP contribution >= 0.6 is 0 Å². The third kappa shape index (κ3) is 2.19. The van der Waals surface area contributed by atoms with E-state index < -0.39 is 12.1 Å². The maximum absolute atomic E-state index is 11.7. The smallest absolute Gasteiger partial charge is 0.358 e. The number of amides is 1. The first-order chi connectivity index (χ1) is 8.52. The Balaban J connectivity index is 1.92. The molecular formula is C10H14N4O4. The van der Waals surface area contributed by atoms with E-state index in [-0.39, 0.29) is 17.6 Å². The first-order valence-corrected chi connectivity index (χ1v) is 5.49. The lowest BCUT2D eigenvalue weighted by Gasteiger charge is -2.39. The number of rotatable bonds is 4. The van der Waals surface area contributed by atoms with Gasteiger partial charge < -0.3 is 14.7 Å². The fraction of sp³-hybridized carbons (Fsp3) is 0.600. The minimum atomic E-state index is -1.11. The summed E-state index contributed by atoms with van der Waals surface area (Å²) in [4.78, 5) is 24.0. The molecule has 2 rings (SSSR count). The number of aromatic nitrogens is 3. The Morgan fingerprint density at radius 3 is 2.72 bits per heavy atom. The van der Waals surface area contributed by atoms with Crippen LogP contribution in [0.15, 0.2) is 6.20 Å². The number of hydrogen-bond donors (Lipinski definition) is 1. The minimum absolute atomic E-state index is 0.0152. The molecule has 0 saturated carbocycles. The molecular weight excluding hydrogens is 240 g/mol. The lowest BCUT2D eigenvalue weighted by Crippen LogP contribution is -2.53. The van der Waals surface area contributed by atoms with Crippen LogP contribution < -0.4 is 0 Å². The second kappa shape index (κ2) is 4.73. The van der Waals surface area contributed by atoms with Gasteiger partial charge in [0.2, 0.25) is 0 Å². The molecule has 1 aliphatic rings. The van der Waals surface area contributed by atoms with E-state index in [1.54, 1.807) is 11.8 Å². The maximum atomic E-state index is 11.7. The quantitative estimate of drug-likeness (QED) is 0.770. The van der Waals surface area contributed by atoms with Gasteiger partial charge in [-0.3, -0.25) is 4.79 Å². The van der Waals surface area contributed by atoms with E-state index in [4.69, 9.17) is 9.84 Å². The molecule has 0 radical (unpaired) electrons. The van der Waals surface area contributed by atoms with Gasteiger partial charge in [-0.2, -0.15) is 0 Å². The molecule has 1 amide bonds. The number of carbonyl (C=O) groups is 2. The van der Waals surface area contributed by atoms with Gasteiger partial charge >= 0.3 is 5.97 Å². The lowest BCUT2D eigenvalue weighted by molar-refractivity contribution is -0.147. The molecule has 1 aliphatic heterocycles. The van der Waals surface area contributed by atoms with Crippen molar-refractivity contribution in [3.63, 3.8) is 0 Å². The SMILES string of the molecule is COC(C)C(=O)N1CC(n2cc(C(=O)O)nn2)C1. The van der Waals surface area contributed by atoms with Gasteiger partial charge in [-0.1, -0.05) is 5.21 Å². The van der Waals surface area contributed by atoms with Gasteiger partial charge in [0.15, 0.2) is 5.69 Å². The molecule has 0 aliphatic carbocycles. The molecule has 2 heterocycles. The van der Waals surface area contributed by atoms with Gasteiger partial charge in [0.25, 0.3) is 5.91 Å². The number of aromatic carboxylic acids is 1. The Kier molecular flexibility index (Phi) is 3.28. The van der Waals surface area contributed by atoms with E-state index in [1.165, 1.54) is 18.0 Å². The van der Waals surface area contributed by atoms with Crippen molar-refractivity contribution in [1.82, 2.24) is 19.9 Å². The number of carboxylic acid groups (broad SMARTS) is 1. The van der Waals surface area contributed by atoms with Crippen molar-refractivity contribution in [3.05, 3.63) is 11.9 Å². The number of nitrogens with zero attached hydrogens (tertiary/aromatic N) is 4. The standard InChI is InChI=1S/C10H14N4O4/c1-6(18-2)9(15)13-3-7(4-13)14-5-8(10(16)17)11-12-14/h5-7H,3-4H2,1-2H3,(H,16,17). The van der Waals surface area contributed by atoms with E-state index in [9.17, 15) is 9.59 Å². The van der Waals surface area contributed by atoms with Crippen LogP contribution in [-0.2, 0) is 9.53 Å². The molecule has 1 aromatic heterocycles. The first-order valence-electron chi connectivity index (χ1n) is 5.49. The summed E-state index contributed by atoms with van der Waals surface area (Å²) in [6.07, 6.45) is 0.908. The van der Waals surface area contributed by atoms with Crippen LogP contribution in [0.3, 0.4) is 0 Å². The third-order valence-corrected chi connectivity index (χ3v) is 2.98. The van der Waals surface area contributed by atoms with Crippen LogP contribution in [0.5, 0.6) is 0 Å². The summed E-state index contributed by atoms with van der Waals surface area (Å²) in [6, 6.07) is -0.0152. The van der Waals surface area contributed by atoms with Crippen molar-refractivity contribution < 1.29 is 19.4 Å². The average Bonchev–Trinajstić information content (AvgIpc) is 2.75. The van der Waals surface area contributed by atoms with Gasteiger partial charge in [-0.05, 0) is 6.92 Å². The molecule has 1 atom stereocenters. The number of ether oxygens (including phenoxy) is 1. The highest BCUT2D eigenvalue weighted by atomic mass is 16.5. The zero-order chi connectivity index (χ0) is 13.3. The van der Waals surface area contributed by atoms with Gasteiger partial charge in [0, 0.05) is 20.2 Å². The minimum Gasteiger partial charge on any atom is -0.476 e. The molecule has 18 heavy (non-hydrogen) atoms. The van der Waals surface area contributed by atoms with Gasteiger partial charge in [-0.25, -0.2) is 9.48 Å². The van der Waals surface area contributed by atoms with Crippen LogP contribution in [0.4, 0.5) is 0 Å².